The monoisotopic (exact) mass is 492 g/mol. The summed E-state index contributed by atoms with van der Waals surface area (Å²) in [5, 5.41) is 1.92. The molecule has 0 bridgehead atoms. The fraction of sp³-hybridized carbons (Fsp3) is 0.185. The molecule has 180 valence electrons. The number of para-hydroxylation sites is 1. The molecule has 1 saturated heterocycles. The number of nitrogens with zero attached hydrogens (tertiary/aromatic N) is 1. The normalized spacial score (nSPS) is 14.3. The van der Waals surface area contributed by atoms with Crippen molar-refractivity contribution >= 4 is 35.2 Å². The summed E-state index contributed by atoms with van der Waals surface area (Å²) in [5.41, 5.74) is 4.80. The highest BCUT2D eigenvalue weighted by molar-refractivity contribution is 6.32. The Morgan fingerprint density at radius 3 is 2.43 bits per heavy atom. The minimum absolute atomic E-state index is 0.0385. The second kappa shape index (κ2) is 11.0. The number of halogens is 1. The van der Waals surface area contributed by atoms with Crippen molar-refractivity contribution in [2.24, 2.45) is 0 Å². The van der Waals surface area contributed by atoms with Crippen molar-refractivity contribution in [1.82, 2.24) is 5.43 Å². The zero-order valence-electron chi connectivity index (χ0n) is 19.4. The van der Waals surface area contributed by atoms with Crippen molar-refractivity contribution in [3.05, 3.63) is 88.5 Å². The number of hydrogen-bond donors (Lipinski definition) is 1. The van der Waals surface area contributed by atoms with Crippen molar-refractivity contribution in [3.63, 3.8) is 0 Å². The third kappa shape index (κ3) is 5.75. The SMILES string of the molecule is CCOc1cc(/C=C2\C(=O)NN(c3ccccc3)C2=O)ccc1OCCOc1ccc(Cl)c(C)c1. The molecular formula is C27H25ClN2O5. The van der Waals surface area contributed by atoms with Crippen LogP contribution in [-0.4, -0.2) is 31.6 Å². The number of anilines is 1. The van der Waals surface area contributed by atoms with Crippen LogP contribution in [0.1, 0.15) is 18.1 Å². The molecule has 3 aromatic rings. The van der Waals surface area contributed by atoms with Gasteiger partial charge in [-0.05, 0) is 73.5 Å². The van der Waals surface area contributed by atoms with E-state index in [-0.39, 0.29) is 5.57 Å². The Kier molecular flexibility index (Phi) is 7.57. The van der Waals surface area contributed by atoms with E-state index in [0.717, 1.165) is 5.56 Å². The highest BCUT2D eigenvalue weighted by Crippen LogP contribution is 2.30. The Morgan fingerprint density at radius 2 is 1.69 bits per heavy atom. The first-order valence-corrected chi connectivity index (χ1v) is 11.5. The van der Waals surface area contributed by atoms with Crippen LogP contribution in [0.15, 0.2) is 72.3 Å². The predicted octanol–water partition coefficient (Wildman–Crippen LogP) is 4.97. The Bertz CT molecular complexity index is 1260. The molecule has 2 amide bonds. The van der Waals surface area contributed by atoms with Crippen molar-refractivity contribution in [1.29, 1.82) is 0 Å². The number of benzene rings is 3. The van der Waals surface area contributed by atoms with Gasteiger partial charge in [-0.3, -0.25) is 15.0 Å². The average molecular weight is 493 g/mol. The lowest BCUT2D eigenvalue weighted by molar-refractivity contribution is -0.117. The van der Waals surface area contributed by atoms with Gasteiger partial charge in [0.15, 0.2) is 11.5 Å². The Hall–Kier alpha value is -3.97. The average Bonchev–Trinajstić information content (AvgIpc) is 3.14. The summed E-state index contributed by atoms with van der Waals surface area (Å²) in [4.78, 5) is 25.3. The van der Waals surface area contributed by atoms with Gasteiger partial charge in [-0.25, -0.2) is 5.01 Å². The van der Waals surface area contributed by atoms with Crippen LogP contribution < -0.4 is 24.6 Å². The molecule has 0 unspecified atom stereocenters. The summed E-state index contributed by atoms with van der Waals surface area (Å²) in [7, 11) is 0. The van der Waals surface area contributed by atoms with Crippen LogP contribution in [-0.2, 0) is 9.59 Å². The number of rotatable bonds is 9. The fourth-order valence-electron chi connectivity index (χ4n) is 3.50. The van der Waals surface area contributed by atoms with Crippen LogP contribution >= 0.6 is 11.6 Å². The molecule has 0 aromatic heterocycles. The van der Waals surface area contributed by atoms with Gasteiger partial charge in [0.05, 0.1) is 12.3 Å². The summed E-state index contributed by atoms with van der Waals surface area (Å²) in [6.07, 6.45) is 1.54. The van der Waals surface area contributed by atoms with E-state index in [1.807, 2.05) is 32.0 Å². The summed E-state index contributed by atoms with van der Waals surface area (Å²) in [6, 6.07) is 19.6. The van der Waals surface area contributed by atoms with Crippen molar-refractivity contribution in [2.45, 2.75) is 13.8 Å². The molecule has 7 nitrogen and oxygen atoms in total. The first-order chi connectivity index (χ1) is 17.0. The van der Waals surface area contributed by atoms with E-state index in [4.69, 9.17) is 25.8 Å². The molecule has 1 N–H and O–H groups in total. The van der Waals surface area contributed by atoms with Crippen molar-refractivity contribution < 1.29 is 23.8 Å². The van der Waals surface area contributed by atoms with Crippen LogP contribution in [0.3, 0.4) is 0 Å². The van der Waals surface area contributed by atoms with Gasteiger partial charge in [0, 0.05) is 5.02 Å². The molecule has 1 heterocycles. The Morgan fingerprint density at radius 1 is 0.914 bits per heavy atom. The third-order valence-corrected chi connectivity index (χ3v) is 5.65. The molecular weight excluding hydrogens is 468 g/mol. The minimum atomic E-state index is -0.466. The van der Waals surface area contributed by atoms with Gasteiger partial charge in [0.25, 0.3) is 11.8 Å². The minimum Gasteiger partial charge on any atom is -0.490 e. The van der Waals surface area contributed by atoms with Gasteiger partial charge in [0.1, 0.15) is 24.5 Å². The summed E-state index contributed by atoms with van der Waals surface area (Å²) >= 11 is 6.05. The summed E-state index contributed by atoms with van der Waals surface area (Å²) < 4.78 is 17.3. The van der Waals surface area contributed by atoms with E-state index in [1.165, 1.54) is 5.01 Å². The van der Waals surface area contributed by atoms with E-state index >= 15 is 0 Å². The first-order valence-electron chi connectivity index (χ1n) is 11.2. The van der Waals surface area contributed by atoms with Gasteiger partial charge < -0.3 is 14.2 Å². The van der Waals surface area contributed by atoms with Gasteiger partial charge in [-0.2, -0.15) is 0 Å². The maximum absolute atomic E-state index is 12.8. The molecule has 4 rings (SSSR count). The molecule has 0 radical (unpaired) electrons. The lowest BCUT2D eigenvalue weighted by atomic mass is 10.1. The molecule has 8 heteroatoms. The second-order valence-corrected chi connectivity index (χ2v) is 8.13. The number of carbonyl (C=O) groups is 2. The van der Waals surface area contributed by atoms with Crippen molar-refractivity contribution in [3.8, 4) is 17.2 Å². The van der Waals surface area contributed by atoms with E-state index in [0.29, 0.717) is 53.3 Å². The Labute approximate surface area is 208 Å². The molecule has 0 atom stereocenters. The quantitative estimate of drug-likeness (QED) is 0.259. The molecule has 0 spiro atoms. The van der Waals surface area contributed by atoms with Gasteiger partial charge >= 0.3 is 0 Å². The number of hydrazine groups is 1. The lowest BCUT2D eigenvalue weighted by Crippen LogP contribution is -2.35. The van der Waals surface area contributed by atoms with E-state index in [1.54, 1.807) is 54.6 Å². The van der Waals surface area contributed by atoms with Crippen molar-refractivity contribution in [2.75, 3.05) is 24.8 Å². The fourth-order valence-corrected chi connectivity index (χ4v) is 3.62. The lowest BCUT2D eigenvalue weighted by Gasteiger charge is -2.14. The highest BCUT2D eigenvalue weighted by Gasteiger charge is 2.34. The molecule has 3 aromatic carbocycles. The van der Waals surface area contributed by atoms with Crippen LogP contribution in [0.4, 0.5) is 5.69 Å². The molecule has 35 heavy (non-hydrogen) atoms. The maximum atomic E-state index is 12.8. The van der Waals surface area contributed by atoms with Crippen LogP contribution in [0.25, 0.3) is 6.08 Å². The number of amides is 2. The number of nitrogens with one attached hydrogen (secondary N) is 1. The topological polar surface area (TPSA) is 77.1 Å². The van der Waals surface area contributed by atoms with E-state index < -0.39 is 11.8 Å². The van der Waals surface area contributed by atoms with Gasteiger partial charge in [-0.1, -0.05) is 35.9 Å². The number of ether oxygens (including phenoxy) is 3. The van der Waals surface area contributed by atoms with Crippen LogP contribution in [0.5, 0.6) is 17.2 Å². The number of hydrogen-bond acceptors (Lipinski definition) is 5. The largest absolute Gasteiger partial charge is 0.490 e. The zero-order chi connectivity index (χ0) is 24.8. The Balaban J connectivity index is 1.44. The number of carbonyl (C=O) groups excluding carboxylic acids is 2. The number of aryl methyl sites for hydroxylation is 1. The molecule has 0 aliphatic carbocycles. The summed E-state index contributed by atoms with van der Waals surface area (Å²) in [5.74, 6) is 0.875. The smallest absolute Gasteiger partial charge is 0.282 e. The second-order valence-electron chi connectivity index (χ2n) is 7.72. The predicted molar refractivity (Wildman–Crippen MR) is 135 cm³/mol. The van der Waals surface area contributed by atoms with E-state index in [2.05, 4.69) is 5.43 Å². The molecule has 1 fully saturated rings. The molecule has 0 saturated carbocycles. The van der Waals surface area contributed by atoms with Gasteiger partial charge in [-0.15, -0.1) is 0 Å². The van der Waals surface area contributed by atoms with Crippen LogP contribution in [0, 0.1) is 6.92 Å². The first kappa shape index (κ1) is 24.2. The molecule has 1 aliphatic heterocycles. The highest BCUT2D eigenvalue weighted by atomic mass is 35.5. The van der Waals surface area contributed by atoms with Gasteiger partial charge in [0.2, 0.25) is 0 Å². The van der Waals surface area contributed by atoms with Crippen LogP contribution in [0.2, 0.25) is 5.02 Å². The van der Waals surface area contributed by atoms with E-state index in [9.17, 15) is 9.59 Å². The third-order valence-electron chi connectivity index (χ3n) is 5.22. The summed E-state index contributed by atoms with van der Waals surface area (Å²) in [6.45, 7) is 4.85. The molecule has 1 aliphatic rings. The maximum Gasteiger partial charge on any atom is 0.282 e. The standard InChI is InChI=1S/C27H25ClN2O5/c1-3-33-25-17-19(16-22-26(31)29-30(27(22)32)20-7-5-4-6-8-20)9-12-24(25)35-14-13-34-21-10-11-23(28)18(2)15-21/h4-12,15-17H,3,13-14H2,1-2H3,(H,29,31)/b22-16+. The zero-order valence-corrected chi connectivity index (χ0v) is 20.2.